The molecule has 1 aromatic carbocycles. The lowest BCUT2D eigenvalue weighted by molar-refractivity contribution is 0.154. The predicted molar refractivity (Wildman–Crippen MR) is 89.0 cm³/mol. The first-order valence-corrected chi connectivity index (χ1v) is 8.18. The van der Waals surface area contributed by atoms with E-state index in [0.29, 0.717) is 6.04 Å². The van der Waals surface area contributed by atoms with Gasteiger partial charge in [0.15, 0.2) is 0 Å². The summed E-state index contributed by atoms with van der Waals surface area (Å²) in [6.07, 6.45) is 2.16. The summed E-state index contributed by atoms with van der Waals surface area (Å²) in [7, 11) is 2.07. The first-order valence-electron chi connectivity index (χ1n) is 7.39. The fourth-order valence-electron chi connectivity index (χ4n) is 2.14. The van der Waals surface area contributed by atoms with Crippen molar-refractivity contribution in [2.75, 3.05) is 26.7 Å². The van der Waals surface area contributed by atoms with Crippen LogP contribution in [0.15, 0.2) is 28.7 Å². The van der Waals surface area contributed by atoms with Crippen molar-refractivity contribution in [2.45, 2.75) is 38.8 Å². The molecule has 2 N–H and O–H groups in total. The molecule has 0 saturated carbocycles. The summed E-state index contributed by atoms with van der Waals surface area (Å²) in [5.41, 5.74) is 1.31. The molecular formula is C16H27BrN2O. The fraction of sp³-hybridized carbons (Fsp3) is 0.625. The molecule has 2 unspecified atom stereocenters. The Morgan fingerprint density at radius 3 is 2.65 bits per heavy atom. The normalized spacial score (nSPS) is 14.5. The average molecular weight is 343 g/mol. The van der Waals surface area contributed by atoms with Gasteiger partial charge in [-0.15, -0.1) is 0 Å². The summed E-state index contributed by atoms with van der Waals surface area (Å²) in [5.74, 6) is 0. The molecule has 0 aliphatic carbocycles. The summed E-state index contributed by atoms with van der Waals surface area (Å²) in [6, 6.07) is 8.95. The van der Waals surface area contributed by atoms with Gasteiger partial charge in [0.05, 0.1) is 6.61 Å². The van der Waals surface area contributed by atoms with Gasteiger partial charge in [-0.2, -0.15) is 0 Å². The second-order valence-corrected chi connectivity index (χ2v) is 6.18. The maximum Gasteiger partial charge on any atom is 0.0584 e. The maximum absolute atomic E-state index is 9.21. The molecule has 0 radical (unpaired) electrons. The molecule has 0 spiro atoms. The first-order chi connectivity index (χ1) is 9.60. The quantitative estimate of drug-likeness (QED) is 0.723. The van der Waals surface area contributed by atoms with Crippen molar-refractivity contribution in [1.82, 2.24) is 10.2 Å². The zero-order valence-electron chi connectivity index (χ0n) is 12.8. The smallest absolute Gasteiger partial charge is 0.0584 e. The molecule has 2 atom stereocenters. The lowest BCUT2D eigenvalue weighted by atomic mass is 10.0. The highest BCUT2D eigenvalue weighted by atomic mass is 79.9. The Kier molecular flexibility index (Phi) is 8.38. The van der Waals surface area contributed by atoms with E-state index in [4.69, 9.17) is 0 Å². The van der Waals surface area contributed by atoms with Gasteiger partial charge in [-0.1, -0.05) is 41.1 Å². The standard InChI is InChI=1S/C16H27BrN2O/c1-4-10-18-16(9-11-19(3)13(2)12-20)14-7-5-6-8-15(14)17/h5-8,13,16,18,20H,4,9-12H2,1-3H3. The topological polar surface area (TPSA) is 35.5 Å². The molecule has 0 aromatic heterocycles. The lowest BCUT2D eigenvalue weighted by Crippen LogP contribution is -2.35. The summed E-state index contributed by atoms with van der Waals surface area (Å²) in [6.45, 7) is 6.42. The third-order valence-electron chi connectivity index (χ3n) is 3.71. The minimum atomic E-state index is 0.207. The molecular weight excluding hydrogens is 316 g/mol. The molecule has 0 fully saturated rings. The van der Waals surface area contributed by atoms with Gasteiger partial charge in [0.1, 0.15) is 0 Å². The van der Waals surface area contributed by atoms with Crippen molar-refractivity contribution >= 4 is 15.9 Å². The number of aliphatic hydroxyl groups is 1. The summed E-state index contributed by atoms with van der Waals surface area (Å²) >= 11 is 3.64. The Morgan fingerprint density at radius 1 is 1.35 bits per heavy atom. The molecule has 0 bridgehead atoms. The van der Waals surface area contributed by atoms with E-state index < -0.39 is 0 Å². The van der Waals surface area contributed by atoms with E-state index in [9.17, 15) is 5.11 Å². The van der Waals surface area contributed by atoms with E-state index in [1.54, 1.807) is 0 Å². The highest BCUT2D eigenvalue weighted by Gasteiger charge is 2.15. The number of nitrogens with zero attached hydrogens (tertiary/aromatic N) is 1. The van der Waals surface area contributed by atoms with Gasteiger partial charge in [0.2, 0.25) is 0 Å². The molecule has 114 valence electrons. The Morgan fingerprint density at radius 2 is 2.05 bits per heavy atom. The highest BCUT2D eigenvalue weighted by Crippen LogP contribution is 2.25. The number of halogens is 1. The lowest BCUT2D eigenvalue weighted by Gasteiger charge is -2.27. The zero-order valence-corrected chi connectivity index (χ0v) is 14.4. The van der Waals surface area contributed by atoms with Crippen LogP contribution >= 0.6 is 15.9 Å². The third-order valence-corrected chi connectivity index (χ3v) is 4.43. The molecule has 0 heterocycles. The second kappa shape index (κ2) is 9.50. The number of nitrogens with one attached hydrogen (secondary N) is 1. The fourth-order valence-corrected chi connectivity index (χ4v) is 2.70. The number of hydrogen-bond acceptors (Lipinski definition) is 3. The van der Waals surface area contributed by atoms with E-state index in [2.05, 4.69) is 58.3 Å². The molecule has 0 aliphatic rings. The Labute approximate surface area is 131 Å². The van der Waals surface area contributed by atoms with Crippen LogP contribution in [0.3, 0.4) is 0 Å². The number of hydrogen-bond donors (Lipinski definition) is 2. The Hall–Kier alpha value is -0.420. The SMILES string of the molecule is CCCNC(CCN(C)C(C)CO)c1ccccc1Br. The van der Waals surface area contributed by atoms with E-state index in [0.717, 1.165) is 30.4 Å². The number of likely N-dealkylation sites (N-methyl/N-ethyl adjacent to an activating group) is 1. The van der Waals surface area contributed by atoms with Crippen LogP contribution in [0.4, 0.5) is 0 Å². The summed E-state index contributed by atoms with van der Waals surface area (Å²) < 4.78 is 1.16. The van der Waals surface area contributed by atoms with Gasteiger partial charge in [0, 0.05) is 23.1 Å². The Balaban J connectivity index is 2.68. The van der Waals surface area contributed by atoms with Crippen molar-refractivity contribution in [3.8, 4) is 0 Å². The molecule has 1 aromatic rings. The van der Waals surface area contributed by atoms with Crippen LogP contribution in [0.25, 0.3) is 0 Å². The van der Waals surface area contributed by atoms with E-state index in [1.807, 2.05) is 13.0 Å². The number of rotatable bonds is 9. The van der Waals surface area contributed by atoms with Crippen LogP contribution in [0.2, 0.25) is 0 Å². The minimum Gasteiger partial charge on any atom is -0.395 e. The molecule has 0 saturated heterocycles. The van der Waals surface area contributed by atoms with Crippen LogP contribution in [0.5, 0.6) is 0 Å². The average Bonchev–Trinajstić information content (AvgIpc) is 2.47. The highest BCUT2D eigenvalue weighted by molar-refractivity contribution is 9.10. The molecule has 20 heavy (non-hydrogen) atoms. The van der Waals surface area contributed by atoms with E-state index in [-0.39, 0.29) is 12.6 Å². The largest absolute Gasteiger partial charge is 0.395 e. The zero-order chi connectivity index (χ0) is 15.0. The predicted octanol–water partition coefficient (Wildman–Crippen LogP) is 3.19. The van der Waals surface area contributed by atoms with Crippen LogP contribution in [-0.4, -0.2) is 42.8 Å². The van der Waals surface area contributed by atoms with Crippen molar-refractivity contribution in [3.05, 3.63) is 34.3 Å². The molecule has 4 heteroatoms. The van der Waals surface area contributed by atoms with Gasteiger partial charge in [-0.3, -0.25) is 0 Å². The Bertz CT molecular complexity index is 386. The maximum atomic E-state index is 9.21. The van der Waals surface area contributed by atoms with Gasteiger partial charge in [0.25, 0.3) is 0 Å². The van der Waals surface area contributed by atoms with E-state index >= 15 is 0 Å². The minimum absolute atomic E-state index is 0.207. The first kappa shape index (κ1) is 17.6. The molecule has 0 aliphatic heterocycles. The molecule has 3 nitrogen and oxygen atoms in total. The van der Waals surface area contributed by atoms with Crippen LogP contribution in [0.1, 0.15) is 38.3 Å². The number of aliphatic hydroxyl groups excluding tert-OH is 1. The van der Waals surface area contributed by atoms with Gasteiger partial charge < -0.3 is 15.3 Å². The van der Waals surface area contributed by atoms with Crippen molar-refractivity contribution in [1.29, 1.82) is 0 Å². The van der Waals surface area contributed by atoms with Gasteiger partial charge >= 0.3 is 0 Å². The summed E-state index contributed by atoms with van der Waals surface area (Å²) in [5, 5.41) is 12.8. The van der Waals surface area contributed by atoms with Crippen molar-refractivity contribution in [2.24, 2.45) is 0 Å². The van der Waals surface area contributed by atoms with Crippen LogP contribution in [-0.2, 0) is 0 Å². The van der Waals surface area contributed by atoms with Gasteiger partial charge in [-0.05, 0) is 45.0 Å². The van der Waals surface area contributed by atoms with Crippen LogP contribution < -0.4 is 5.32 Å². The molecule has 0 amide bonds. The second-order valence-electron chi connectivity index (χ2n) is 5.33. The van der Waals surface area contributed by atoms with Crippen LogP contribution in [0, 0.1) is 0 Å². The van der Waals surface area contributed by atoms with Crippen molar-refractivity contribution < 1.29 is 5.11 Å². The van der Waals surface area contributed by atoms with Crippen molar-refractivity contribution in [3.63, 3.8) is 0 Å². The molecule has 1 rings (SSSR count). The number of benzene rings is 1. The summed E-state index contributed by atoms with van der Waals surface area (Å²) in [4.78, 5) is 2.21. The van der Waals surface area contributed by atoms with Gasteiger partial charge in [-0.25, -0.2) is 0 Å². The third kappa shape index (κ3) is 5.52. The monoisotopic (exact) mass is 342 g/mol. The van der Waals surface area contributed by atoms with E-state index in [1.165, 1.54) is 5.56 Å².